The third-order valence-electron chi connectivity index (χ3n) is 3.29. The van der Waals surface area contributed by atoms with Crippen molar-refractivity contribution in [2.24, 2.45) is 0 Å². The molecule has 1 amide bonds. The van der Waals surface area contributed by atoms with Gasteiger partial charge in [0.2, 0.25) is 0 Å². The van der Waals surface area contributed by atoms with E-state index in [1.165, 1.54) is 24.3 Å². The summed E-state index contributed by atoms with van der Waals surface area (Å²) in [4.78, 5) is 11.7. The molecule has 0 saturated carbocycles. The molecule has 0 radical (unpaired) electrons. The Labute approximate surface area is 137 Å². The molecule has 1 atom stereocenters. The van der Waals surface area contributed by atoms with Gasteiger partial charge in [-0.2, -0.15) is 11.8 Å². The summed E-state index contributed by atoms with van der Waals surface area (Å²) in [5, 5.41) is 6.38. The number of nitrogens with one attached hydrogen (secondary N) is 2. The normalized spacial score (nSPS) is 18.6. The first kappa shape index (κ1) is 17.0. The van der Waals surface area contributed by atoms with Gasteiger partial charge in [0, 0.05) is 24.0 Å². The smallest absolute Gasteiger partial charge is 0.407 e. The van der Waals surface area contributed by atoms with Crippen LogP contribution >= 0.6 is 11.8 Å². The highest BCUT2D eigenvalue weighted by Gasteiger charge is 2.16. The van der Waals surface area contributed by atoms with E-state index in [1.807, 2.05) is 44.7 Å². The van der Waals surface area contributed by atoms with Crippen molar-refractivity contribution in [3.8, 4) is 0 Å². The van der Waals surface area contributed by atoms with Gasteiger partial charge in [-0.15, -0.1) is 0 Å². The van der Waals surface area contributed by atoms with Crippen molar-refractivity contribution in [1.82, 2.24) is 5.32 Å². The summed E-state index contributed by atoms with van der Waals surface area (Å²) in [6, 6.07) is 8.75. The second-order valence-corrected chi connectivity index (χ2v) is 7.76. The molecule has 1 saturated heterocycles. The summed E-state index contributed by atoms with van der Waals surface area (Å²) in [6.45, 7) is 6.06. The molecule has 2 N–H and O–H groups in total. The monoisotopic (exact) mass is 322 g/mol. The minimum atomic E-state index is -0.466. The summed E-state index contributed by atoms with van der Waals surface area (Å²) in [7, 11) is 0. The Hall–Kier alpha value is -1.36. The second-order valence-electron chi connectivity index (χ2n) is 6.61. The van der Waals surface area contributed by atoms with Crippen molar-refractivity contribution in [2.75, 3.05) is 16.8 Å². The van der Waals surface area contributed by atoms with E-state index in [2.05, 4.69) is 22.8 Å². The first-order chi connectivity index (χ1) is 10.4. The summed E-state index contributed by atoms with van der Waals surface area (Å²) >= 11 is 2.01. The first-order valence-electron chi connectivity index (χ1n) is 7.82. The van der Waals surface area contributed by atoms with E-state index in [0.717, 1.165) is 11.3 Å². The fraction of sp³-hybridized carbons (Fsp3) is 0.588. The van der Waals surface area contributed by atoms with E-state index in [9.17, 15) is 4.79 Å². The third-order valence-corrected chi connectivity index (χ3v) is 4.51. The molecular weight excluding hydrogens is 296 g/mol. The molecule has 1 aliphatic rings. The van der Waals surface area contributed by atoms with Crippen molar-refractivity contribution in [3.63, 3.8) is 0 Å². The van der Waals surface area contributed by atoms with E-state index in [-0.39, 0.29) is 6.09 Å². The number of benzene rings is 1. The molecule has 0 aromatic heterocycles. The summed E-state index contributed by atoms with van der Waals surface area (Å²) in [5.41, 5.74) is 1.72. The molecule has 2 rings (SSSR count). The lowest BCUT2D eigenvalue weighted by atomic mass is 10.1. The Kier molecular flexibility index (Phi) is 6.00. The van der Waals surface area contributed by atoms with Crippen LogP contribution in [-0.4, -0.2) is 29.2 Å². The lowest BCUT2D eigenvalue weighted by molar-refractivity contribution is 0.0523. The number of rotatable bonds is 4. The van der Waals surface area contributed by atoms with Gasteiger partial charge in [-0.25, -0.2) is 4.79 Å². The quantitative estimate of drug-likeness (QED) is 0.879. The number of amides is 1. The Morgan fingerprint density at radius 3 is 2.91 bits per heavy atom. The number of anilines is 1. The number of ether oxygens (including phenoxy) is 1. The van der Waals surface area contributed by atoms with Crippen LogP contribution in [-0.2, 0) is 11.3 Å². The third kappa shape index (κ3) is 6.18. The van der Waals surface area contributed by atoms with Crippen LogP contribution in [0.2, 0.25) is 0 Å². The van der Waals surface area contributed by atoms with Gasteiger partial charge in [-0.3, -0.25) is 0 Å². The second kappa shape index (κ2) is 7.77. The molecule has 5 heteroatoms. The van der Waals surface area contributed by atoms with Crippen LogP contribution in [0.1, 0.15) is 39.2 Å². The minimum absolute atomic E-state index is 0.380. The van der Waals surface area contributed by atoms with Crippen LogP contribution in [0.3, 0.4) is 0 Å². The molecule has 0 spiro atoms. The molecule has 1 aromatic rings. The molecule has 4 nitrogen and oxygen atoms in total. The maximum Gasteiger partial charge on any atom is 0.407 e. The molecule has 0 bridgehead atoms. The van der Waals surface area contributed by atoms with E-state index in [1.54, 1.807) is 0 Å². The lowest BCUT2D eigenvalue weighted by Gasteiger charge is -2.24. The molecular formula is C17H26N2O2S. The largest absolute Gasteiger partial charge is 0.444 e. The van der Waals surface area contributed by atoms with Gasteiger partial charge in [0.25, 0.3) is 0 Å². The van der Waals surface area contributed by atoms with Crippen molar-refractivity contribution >= 4 is 23.5 Å². The standard InChI is InChI=1S/C17H26N2O2S/c1-17(2,3)21-16(20)18-11-13-6-4-7-14(10-13)19-15-8-5-9-22-12-15/h4,6-7,10,15,19H,5,8-9,11-12H2,1-3H3,(H,18,20). The number of hydrogen-bond donors (Lipinski definition) is 2. The maximum absolute atomic E-state index is 11.7. The SMILES string of the molecule is CC(C)(C)OC(=O)NCc1cccc(NC2CCCSC2)c1. The molecule has 1 unspecified atom stereocenters. The topological polar surface area (TPSA) is 50.4 Å². The summed E-state index contributed by atoms with van der Waals surface area (Å²) in [5.74, 6) is 2.44. The minimum Gasteiger partial charge on any atom is -0.444 e. The maximum atomic E-state index is 11.7. The number of carbonyl (C=O) groups excluding carboxylic acids is 1. The van der Waals surface area contributed by atoms with Gasteiger partial charge in [0.1, 0.15) is 5.60 Å². The predicted molar refractivity (Wildman–Crippen MR) is 93.5 cm³/mol. The van der Waals surface area contributed by atoms with E-state index in [0.29, 0.717) is 12.6 Å². The van der Waals surface area contributed by atoms with Gasteiger partial charge in [0.05, 0.1) is 0 Å². The van der Waals surface area contributed by atoms with Gasteiger partial charge in [0.15, 0.2) is 0 Å². The first-order valence-corrected chi connectivity index (χ1v) is 8.98. The van der Waals surface area contributed by atoms with Gasteiger partial charge < -0.3 is 15.4 Å². The Morgan fingerprint density at radius 2 is 2.23 bits per heavy atom. The molecule has 122 valence electrons. The Bertz CT molecular complexity index is 494. The van der Waals surface area contributed by atoms with Crippen LogP contribution in [0.15, 0.2) is 24.3 Å². The van der Waals surface area contributed by atoms with Crippen molar-refractivity contribution in [3.05, 3.63) is 29.8 Å². The van der Waals surface area contributed by atoms with Crippen LogP contribution in [0.5, 0.6) is 0 Å². The van der Waals surface area contributed by atoms with Gasteiger partial charge in [-0.05, 0) is 57.1 Å². The highest BCUT2D eigenvalue weighted by molar-refractivity contribution is 7.99. The molecule has 1 heterocycles. The Balaban J connectivity index is 1.84. The Morgan fingerprint density at radius 1 is 1.41 bits per heavy atom. The van der Waals surface area contributed by atoms with Crippen LogP contribution in [0.25, 0.3) is 0 Å². The number of hydrogen-bond acceptors (Lipinski definition) is 4. The van der Waals surface area contributed by atoms with E-state index in [4.69, 9.17) is 4.74 Å². The highest BCUT2D eigenvalue weighted by atomic mass is 32.2. The van der Waals surface area contributed by atoms with Crippen LogP contribution in [0, 0.1) is 0 Å². The summed E-state index contributed by atoms with van der Waals surface area (Å²) in [6.07, 6.45) is 2.13. The molecule has 0 aliphatic carbocycles. The number of alkyl carbamates (subject to hydrolysis) is 1. The summed E-state index contributed by atoms with van der Waals surface area (Å²) < 4.78 is 5.24. The number of thioether (sulfide) groups is 1. The number of carbonyl (C=O) groups is 1. The molecule has 22 heavy (non-hydrogen) atoms. The van der Waals surface area contributed by atoms with E-state index < -0.39 is 5.60 Å². The zero-order chi connectivity index (χ0) is 16.0. The average Bonchev–Trinajstić information content (AvgIpc) is 2.45. The van der Waals surface area contributed by atoms with Crippen molar-refractivity contribution < 1.29 is 9.53 Å². The van der Waals surface area contributed by atoms with Crippen molar-refractivity contribution in [1.29, 1.82) is 0 Å². The van der Waals surface area contributed by atoms with Crippen molar-refractivity contribution in [2.45, 2.75) is 51.8 Å². The predicted octanol–water partition coefficient (Wildman–Crippen LogP) is 4.02. The van der Waals surface area contributed by atoms with Gasteiger partial charge >= 0.3 is 6.09 Å². The molecule has 1 aliphatic heterocycles. The fourth-order valence-corrected chi connectivity index (χ4v) is 3.42. The van der Waals surface area contributed by atoms with E-state index >= 15 is 0 Å². The average molecular weight is 322 g/mol. The van der Waals surface area contributed by atoms with Crippen LogP contribution in [0.4, 0.5) is 10.5 Å². The molecule has 1 aromatic carbocycles. The zero-order valence-corrected chi connectivity index (χ0v) is 14.5. The zero-order valence-electron chi connectivity index (χ0n) is 13.6. The lowest BCUT2D eigenvalue weighted by Crippen LogP contribution is -2.32. The van der Waals surface area contributed by atoms with Crippen LogP contribution < -0.4 is 10.6 Å². The highest BCUT2D eigenvalue weighted by Crippen LogP contribution is 2.21. The molecule has 1 fully saturated rings. The fourth-order valence-electron chi connectivity index (χ4n) is 2.35. The van der Waals surface area contributed by atoms with Gasteiger partial charge in [-0.1, -0.05) is 12.1 Å².